The number of hydrogen-bond donors (Lipinski definition) is 1. The fourth-order valence-electron chi connectivity index (χ4n) is 2.65. The maximum atomic E-state index is 5.62. The van der Waals surface area contributed by atoms with Crippen molar-refractivity contribution in [2.75, 3.05) is 33.2 Å². The van der Waals surface area contributed by atoms with Crippen LogP contribution >= 0.6 is 0 Å². The Morgan fingerprint density at radius 1 is 1.32 bits per heavy atom. The lowest BCUT2D eigenvalue weighted by atomic mass is 10.2. The molecule has 1 atom stereocenters. The first-order valence-electron chi connectivity index (χ1n) is 7.40. The minimum atomic E-state index is 0.716. The molecule has 108 valence electrons. The topological polar surface area (TPSA) is 31.6 Å². The van der Waals surface area contributed by atoms with Gasteiger partial charge in [0, 0.05) is 44.3 Å². The van der Waals surface area contributed by atoms with Crippen molar-refractivity contribution < 1.29 is 4.42 Å². The van der Waals surface area contributed by atoms with Crippen molar-refractivity contribution in [3.8, 4) is 0 Å². The van der Waals surface area contributed by atoms with Gasteiger partial charge in [-0.1, -0.05) is 6.92 Å². The zero-order valence-corrected chi connectivity index (χ0v) is 12.5. The highest BCUT2D eigenvalue weighted by Gasteiger charge is 2.20. The van der Waals surface area contributed by atoms with Crippen LogP contribution < -0.4 is 5.32 Å². The standard InChI is InChI=1S/C15H27N3O/c1-4-13(2)18-7-5-17(6-8-18)11-15-9-14(10-16-3)12-19-15/h9,12-13,16H,4-8,10-11H2,1-3H3. The summed E-state index contributed by atoms with van der Waals surface area (Å²) in [6, 6.07) is 2.88. The largest absolute Gasteiger partial charge is 0.468 e. The molecule has 1 aliphatic heterocycles. The quantitative estimate of drug-likeness (QED) is 0.851. The second-order valence-corrected chi connectivity index (χ2v) is 5.52. The van der Waals surface area contributed by atoms with Crippen molar-refractivity contribution in [2.45, 2.75) is 39.4 Å². The second kappa shape index (κ2) is 7.08. The molecular formula is C15H27N3O. The molecule has 0 spiro atoms. The summed E-state index contributed by atoms with van der Waals surface area (Å²) in [6.07, 6.45) is 3.10. The zero-order valence-electron chi connectivity index (χ0n) is 12.5. The van der Waals surface area contributed by atoms with Crippen molar-refractivity contribution in [1.82, 2.24) is 15.1 Å². The highest BCUT2D eigenvalue weighted by atomic mass is 16.3. The Labute approximate surface area is 116 Å². The average Bonchev–Trinajstić information content (AvgIpc) is 2.86. The van der Waals surface area contributed by atoms with E-state index in [1.807, 2.05) is 13.3 Å². The van der Waals surface area contributed by atoms with Crippen LogP contribution in [0.3, 0.4) is 0 Å². The maximum Gasteiger partial charge on any atom is 0.118 e. The highest BCUT2D eigenvalue weighted by molar-refractivity contribution is 5.12. The summed E-state index contributed by atoms with van der Waals surface area (Å²) in [5.41, 5.74) is 1.23. The number of nitrogens with one attached hydrogen (secondary N) is 1. The molecule has 0 amide bonds. The molecule has 1 aromatic rings. The first-order valence-corrected chi connectivity index (χ1v) is 7.40. The van der Waals surface area contributed by atoms with E-state index < -0.39 is 0 Å². The van der Waals surface area contributed by atoms with Crippen LogP contribution in [0, 0.1) is 0 Å². The number of furan rings is 1. The number of nitrogens with zero attached hydrogens (tertiary/aromatic N) is 2. The van der Waals surface area contributed by atoms with Gasteiger partial charge in [-0.25, -0.2) is 0 Å². The van der Waals surface area contributed by atoms with E-state index >= 15 is 0 Å². The van der Waals surface area contributed by atoms with E-state index in [2.05, 4.69) is 35.0 Å². The smallest absolute Gasteiger partial charge is 0.118 e. The third-order valence-corrected chi connectivity index (χ3v) is 4.09. The summed E-state index contributed by atoms with van der Waals surface area (Å²) in [4.78, 5) is 5.08. The van der Waals surface area contributed by atoms with Crippen LogP contribution in [0.25, 0.3) is 0 Å². The molecule has 0 bridgehead atoms. The van der Waals surface area contributed by atoms with Crippen molar-refractivity contribution in [3.63, 3.8) is 0 Å². The molecule has 1 aliphatic rings. The van der Waals surface area contributed by atoms with Gasteiger partial charge in [0.15, 0.2) is 0 Å². The van der Waals surface area contributed by atoms with Gasteiger partial charge >= 0.3 is 0 Å². The molecule has 4 nitrogen and oxygen atoms in total. The summed E-state index contributed by atoms with van der Waals surface area (Å²) in [5.74, 6) is 1.09. The lowest BCUT2D eigenvalue weighted by Crippen LogP contribution is -2.48. The van der Waals surface area contributed by atoms with E-state index in [0.717, 1.165) is 31.9 Å². The van der Waals surface area contributed by atoms with Gasteiger partial charge in [-0.05, 0) is 26.5 Å². The van der Waals surface area contributed by atoms with Gasteiger partial charge in [-0.15, -0.1) is 0 Å². The van der Waals surface area contributed by atoms with E-state index in [0.29, 0.717) is 6.04 Å². The minimum Gasteiger partial charge on any atom is -0.468 e. The third-order valence-electron chi connectivity index (χ3n) is 4.09. The summed E-state index contributed by atoms with van der Waals surface area (Å²) < 4.78 is 5.62. The summed E-state index contributed by atoms with van der Waals surface area (Å²) in [5, 5.41) is 3.15. The van der Waals surface area contributed by atoms with Crippen LogP contribution in [0.1, 0.15) is 31.6 Å². The number of rotatable bonds is 6. The van der Waals surface area contributed by atoms with Crippen molar-refractivity contribution >= 4 is 0 Å². The van der Waals surface area contributed by atoms with Crippen molar-refractivity contribution in [3.05, 3.63) is 23.7 Å². The van der Waals surface area contributed by atoms with Crippen LogP contribution in [-0.2, 0) is 13.1 Å². The van der Waals surface area contributed by atoms with Crippen molar-refractivity contribution in [2.24, 2.45) is 0 Å². The van der Waals surface area contributed by atoms with Crippen molar-refractivity contribution in [1.29, 1.82) is 0 Å². The van der Waals surface area contributed by atoms with Gasteiger partial charge in [0.1, 0.15) is 5.76 Å². The SMILES string of the molecule is CCC(C)N1CCN(Cc2cc(CNC)co2)CC1. The lowest BCUT2D eigenvalue weighted by molar-refractivity contribution is 0.0920. The number of piperazine rings is 1. The van der Waals surface area contributed by atoms with E-state index in [1.165, 1.54) is 25.1 Å². The van der Waals surface area contributed by atoms with Gasteiger partial charge in [-0.2, -0.15) is 0 Å². The predicted octanol–water partition coefficient (Wildman–Crippen LogP) is 1.92. The predicted molar refractivity (Wildman–Crippen MR) is 78.1 cm³/mol. The first kappa shape index (κ1) is 14.6. The monoisotopic (exact) mass is 265 g/mol. The highest BCUT2D eigenvalue weighted by Crippen LogP contribution is 2.14. The Morgan fingerprint density at radius 3 is 2.68 bits per heavy atom. The molecule has 0 aromatic carbocycles. The molecule has 1 N–H and O–H groups in total. The molecule has 2 rings (SSSR count). The summed E-state index contributed by atoms with van der Waals surface area (Å²) >= 11 is 0. The van der Waals surface area contributed by atoms with E-state index in [1.54, 1.807) is 0 Å². The molecule has 0 aliphatic carbocycles. The van der Waals surface area contributed by atoms with Gasteiger partial charge in [0.05, 0.1) is 12.8 Å². The fraction of sp³-hybridized carbons (Fsp3) is 0.733. The molecule has 2 heterocycles. The van der Waals surface area contributed by atoms with Crippen LogP contribution in [0.5, 0.6) is 0 Å². The van der Waals surface area contributed by atoms with Gasteiger partial charge in [-0.3, -0.25) is 9.80 Å². The first-order chi connectivity index (χ1) is 9.22. The molecule has 1 unspecified atom stereocenters. The molecule has 1 saturated heterocycles. The summed E-state index contributed by atoms with van der Waals surface area (Å²) in [6.45, 7) is 11.1. The second-order valence-electron chi connectivity index (χ2n) is 5.52. The van der Waals surface area contributed by atoms with Crippen LogP contribution in [-0.4, -0.2) is 49.1 Å². The molecule has 0 saturated carbocycles. The van der Waals surface area contributed by atoms with Crippen LogP contribution in [0.2, 0.25) is 0 Å². The normalized spacial score (nSPS) is 19.7. The Balaban J connectivity index is 1.78. The molecule has 19 heavy (non-hydrogen) atoms. The Morgan fingerprint density at radius 2 is 2.05 bits per heavy atom. The molecule has 1 aromatic heterocycles. The van der Waals surface area contributed by atoms with Gasteiger partial charge < -0.3 is 9.73 Å². The van der Waals surface area contributed by atoms with Gasteiger partial charge in [0.25, 0.3) is 0 Å². The Kier molecular flexibility index (Phi) is 5.43. The fourth-order valence-corrected chi connectivity index (χ4v) is 2.65. The van der Waals surface area contributed by atoms with E-state index in [-0.39, 0.29) is 0 Å². The molecular weight excluding hydrogens is 238 g/mol. The molecule has 0 radical (unpaired) electrons. The van der Waals surface area contributed by atoms with E-state index in [9.17, 15) is 0 Å². The van der Waals surface area contributed by atoms with E-state index in [4.69, 9.17) is 4.42 Å². The zero-order chi connectivity index (χ0) is 13.7. The minimum absolute atomic E-state index is 0.716. The summed E-state index contributed by atoms with van der Waals surface area (Å²) in [7, 11) is 1.96. The van der Waals surface area contributed by atoms with Gasteiger partial charge in [0.2, 0.25) is 0 Å². The third kappa shape index (κ3) is 4.06. The number of hydrogen-bond acceptors (Lipinski definition) is 4. The average molecular weight is 265 g/mol. The van der Waals surface area contributed by atoms with Crippen LogP contribution in [0.4, 0.5) is 0 Å². The molecule has 1 fully saturated rings. The Hall–Kier alpha value is -0.840. The Bertz CT molecular complexity index is 369. The molecule has 4 heteroatoms. The van der Waals surface area contributed by atoms with Crippen LogP contribution in [0.15, 0.2) is 16.7 Å². The lowest BCUT2D eigenvalue weighted by Gasteiger charge is -2.37. The maximum absolute atomic E-state index is 5.62.